The van der Waals surface area contributed by atoms with Crippen LogP contribution < -0.4 is 9.47 Å². The third-order valence-corrected chi connectivity index (χ3v) is 4.44. The number of rotatable bonds is 5. The fourth-order valence-electron chi connectivity index (χ4n) is 3.19. The van der Waals surface area contributed by atoms with E-state index in [0.29, 0.717) is 11.9 Å². The van der Waals surface area contributed by atoms with Gasteiger partial charge >= 0.3 is 6.01 Å². The molecule has 2 heterocycles. The van der Waals surface area contributed by atoms with Gasteiger partial charge < -0.3 is 9.47 Å². The van der Waals surface area contributed by atoms with Crippen LogP contribution in [-0.4, -0.2) is 42.2 Å². The molecule has 0 atom stereocenters. The SMILES string of the molecule is COc1ncc(CN2CCC(c3ccccc3OC)CC2)cn1. The lowest BCUT2D eigenvalue weighted by Gasteiger charge is -2.32. The fourth-order valence-corrected chi connectivity index (χ4v) is 3.19. The highest BCUT2D eigenvalue weighted by Crippen LogP contribution is 2.34. The predicted octanol–water partition coefficient (Wildman–Crippen LogP) is 2.87. The Morgan fingerprint density at radius 2 is 1.74 bits per heavy atom. The quantitative estimate of drug-likeness (QED) is 0.849. The lowest BCUT2D eigenvalue weighted by molar-refractivity contribution is 0.202. The highest BCUT2D eigenvalue weighted by molar-refractivity contribution is 5.36. The second-order valence-corrected chi connectivity index (χ2v) is 5.87. The van der Waals surface area contributed by atoms with Crippen molar-refractivity contribution in [2.75, 3.05) is 27.3 Å². The van der Waals surface area contributed by atoms with Crippen LogP contribution in [-0.2, 0) is 6.54 Å². The first-order valence-electron chi connectivity index (χ1n) is 8.00. The molecule has 0 spiro atoms. The summed E-state index contributed by atoms with van der Waals surface area (Å²) in [5, 5.41) is 0. The number of para-hydroxylation sites is 1. The number of aromatic nitrogens is 2. The lowest BCUT2D eigenvalue weighted by atomic mass is 9.88. The standard InChI is InChI=1S/C18H23N3O2/c1-22-17-6-4-3-5-16(17)15-7-9-21(10-8-15)13-14-11-19-18(23-2)20-12-14/h3-6,11-12,15H,7-10,13H2,1-2H3. The molecule has 1 saturated heterocycles. The van der Waals surface area contributed by atoms with Crippen molar-refractivity contribution in [1.82, 2.24) is 14.9 Å². The summed E-state index contributed by atoms with van der Waals surface area (Å²) in [6, 6.07) is 8.79. The number of nitrogens with zero attached hydrogens (tertiary/aromatic N) is 3. The molecule has 0 aliphatic carbocycles. The van der Waals surface area contributed by atoms with Gasteiger partial charge in [-0.2, -0.15) is 0 Å². The molecule has 1 aromatic carbocycles. The van der Waals surface area contributed by atoms with Crippen LogP contribution in [0.5, 0.6) is 11.8 Å². The van der Waals surface area contributed by atoms with Crippen molar-refractivity contribution in [3.63, 3.8) is 0 Å². The zero-order valence-corrected chi connectivity index (χ0v) is 13.7. The molecular weight excluding hydrogens is 290 g/mol. The molecule has 1 aromatic heterocycles. The first-order chi connectivity index (χ1) is 11.3. The summed E-state index contributed by atoms with van der Waals surface area (Å²) >= 11 is 0. The number of hydrogen-bond donors (Lipinski definition) is 0. The van der Waals surface area contributed by atoms with Gasteiger partial charge in [0.2, 0.25) is 0 Å². The second kappa shape index (κ2) is 7.42. The molecule has 23 heavy (non-hydrogen) atoms. The van der Waals surface area contributed by atoms with Crippen LogP contribution in [0.2, 0.25) is 0 Å². The summed E-state index contributed by atoms with van der Waals surface area (Å²) in [6.07, 6.45) is 5.99. The number of likely N-dealkylation sites (tertiary alicyclic amines) is 1. The minimum Gasteiger partial charge on any atom is -0.496 e. The smallest absolute Gasteiger partial charge is 0.316 e. The van der Waals surface area contributed by atoms with Gasteiger partial charge in [-0.05, 0) is 43.5 Å². The maximum Gasteiger partial charge on any atom is 0.316 e. The maximum absolute atomic E-state index is 5.50. The molecule has 0 radical (unpaired) electrons. The van der Waals surface area contributed by atoms with E-state index in [1.165, 1.54) is 5.56 Å². The van der Waals surface area contributed by atoms with Gasteiger partial charge in [-0.15, -0.1) is 0 Å². The van der Waals surface area contributed by atoms with Crippen LogP contribution in [0.15, 0.2) is 36.7 Å². The summed E-state index contributed by atoms with van der Waals surface area (Å²) in [7, 11) is 3.33. The largest absolute Gasteiger partial charge is 0.496 e. The molecule has 0 amide bonds. The summed E-state index contributed by atoms with van der Waals surface area (Å²) < 4.78 is 10.5. The molecule has 0 N–H and O–H groups in total. The first-order valence-corrected chi connectivity index (χ1v) is 8.00. The minimum atomic E-state index is 0.420. The molecule has 0 saturated carbocycles. The monoisotopic (exact) mass is 313 g/mol. The van der Waals surface area contributed by atoms with E-state index in [-0.39, 0.29) is 0 Å². The first kappa shape index (κ1) is 15.7. The molecule has 1 aliphatic heterocycles. The Labute approximate surface area is 137 Å². The van der Waals surface area contributed by atoms with Gasteiger partial charge in [0.05, 0.1) is 14.2 Å². The zero-order valence-electron chi connectivity index (χ0n) is 13.7. The number of hydrogen-bond acceptors (Lipinski definition) is 5. The van der Waals surface area contributed by atoms with E-state index in [1.54, 1.807) is 14.2 Å². The van der Waals surface area contributed by atoms with Crippen molar-refractivity contribution in [2.45, 2.75) is 25.3 Å². The Balaban J connectivity index is 1.57. The van der Waals surface area contributed by atoms with Crippen molar-refractivity contribution in [3.8, 4) is 11.8 Å². The lowest BCUT2D eigenvalue weighted by Crippen LogP contribution is -2.32. The van der Waals surface area contributed by atoms with Gasteiger partial charge in [-0.3, -0.25) is 4.90 Å². The van der Waals surface area contributed by atoms with E-state index in [4.69, 9.17) is 9.47 Å². The fraction of sp³-hybridized carbons (Fsp3) is 0.444. The van der Waals surface area contributed by atoms with Crippen molar-refractivity contribution in [3.05, 3.63) is 47.8 Å². The van der Waals surface area contributed by atoms with Crippen LogP contribution in [0, 0.1) is 0 Å². The van der Waals surface area contributed by atoms with Crippen LogP contribution in [0.4, 0.5) is 0 Å². The van der Waals surface area contributed by atoms with Crippen molar-refractivity contribution < 1.29 is 9.47 Å². The molecule has 5 nitrogen and oxygen atoms in total. The van der Waals surface area contributed by atoms with Gasteiger partial charge in [0.25, 0.3) is 0 Å². The average Bonchev–Trinajstić information content (AvgIpc) is 2.63. The van der Waals surface area contributed by atoms with Crippen molar-refractivity contribution >= 4 is 0 Å². The molecule has 2 aromatic rings. The molecular formula is C18H23N3O2. The normalized spacial score (nSPS) is 16.3. The Morgan fingerprint density at radius 3 is 2.39 bits per heavy atom. The van der Waals surface area contributed by atoms with Crippen LogP contribution in [0.25, 0.3) is 0 Å². The van der Waals surface area contributed by atoms with E-state index in [0.717, 1.165) is 43.8 Å². The van der Waals surface area contributed by atoms with Gasteiger partial charge in [0.1, 0.15) is 5.75 Å². The van der Waals surface area contributed by atoms with E-state index in [2.05, 4.69) is 33.1 Å². The summed E-state index contributed by atoms with van der Waals surface area (Å²) in [5.41, 5.74) is 2.46. The highest BCUT2D eigenvalue weighted by atomic mass is 16.5. The summed E-state index contributed by atoms with van der Waals surface area (Å²) in [6.45, 7) is 3.05. The van der Waals surface area contributed by atoms with Gasteiger partial charge in [-0.1, -0.05) is 18.2 Å². The number of ether oxygens (including phenoxy) is 2. The average molecular weight is 313 g/mol. The van der Waals surface area contributed by atoms with Gasteiger partial charge in [0.15, 0.2) is 0 Å². The molecule has 0 unspecified atom stereocenters. The highest BCUT2D eigenvalue weighted by Gasteiger charge is 2.22. The molecule has 3 rings (SSSR count). The summed E-state index contributed by atoms with van der Waals surface area (Å²) in [4.78, 5) is 10.8. The zero-order chi connectivity index (χ0) is 16.1. The van der Waals surface area contributed by atoms with Crippen molar-refractivity contribution in [1.29, 1.82) is 0 Å². The number of piperidine rings is 1. The van der Waals surface area contributed by atoms with Crippen LogP contribution >= 0.6 is 0 Å². The Kier molecular flexibility index (Phi) is 5.08. The van der Waals surface area contributed by atoms with Gasteiger partial charge in [-0.25, -0.2) is 9.97 Å². The third kappa shape index (κ3) is 3.79. The van der Waals surface area contributed by atoms with Crippen LogP contribution in [0.1, 0.15) is 29.9 Å². The van der Waals surface area contributed by atoms with Crippen LogP contribution in [0.3, 0.4) is 0 Å². The van der Waals surface area contributed by atoms with Gasteiger partial charge in [0, 0.05) is 24.5 Å². The van der Waals surface area contributed by atoms with E-state index in [1.807, 2.05) is 18.5 Å². The molecule has 1 aliphatic rings. The minimum absolute atomic E-state index is 0.420. The molecule has 5 heteroatoms. The predicted molar refractivity (Wildman–Crippen MR) is 88.8 cm³/mol. The maximum atomic E-state index is 5.50. The third-order valence-electron chi connectivity index (χ3n) is 4.44. The molecule has 122 valence electrons. The van der Waals surface area contributed by atoms with E-state index >= 15 is 0 Å². The molecule has 1 fully saturated rings. The van der Waals surface area contributed by atoms with E-state index < -0.39 is 0 Å². The van der Waals surface area contributed by atoms with E-state index in [9.17, 15) is 0 Å². The number of benzene rings is 1. The topological polar surface area (TPSA) is 47.5 Å². The number of methoxy groups -OCH3 is 2. The molecule has 0 bridgehead atoms. The Hall–Kier alpha value is -2.14. The second-order valence-electron chi connectivity index (χ2n) is 5.87. The summed E-state index contributed by atoms with van der Waals surface area (Å²) in [5.74, 6) is 1.59. The van der Waals surface area contributed by atoms with Crippen molar-refractivity contribution in [2.24, 2.45) is 0 Å². The Bertz CT molecular complexity index is 622. The Morgan fingerprint density at radius 1 is 1.04 bits per heavy atom.